The van der Waals surface area contributed by atoms with Crippen LogP contribution in [-0.2, 0) is 0 Å². The van der Waals surface area contributed by atoms with Crippen LogP contribution in [0.15, 0.2) is 0 Å². The molecule has 0 aliphatic heterocycles. The monoisotopic (exact) mass is 185 g/mol. The van der Waals surface area contributed by atoms with Crippen LogP contribution in [0.5, 0.6) is 0 Å². The maximum absolute atomic E-state index is 3.64. The molecule has 13 heavy (non-hydrogen) atoms. The lowest BCUT2D eigenvalue weighted by molar-refractivity contribution is 0.340. The van der Waals surface area contributed by atoms with Crippen molar-refractivity contribution in [1.29, 1.82) is 0 Å². The quantitative estimate of drug-likeness (QED) is 0.668. The molecule has 0 amide bonds. The molecule has 0 radical (unpaired) electrons. The van der Waals surface area contributed by atoms with Gasteiger partial charge >= 0.3 is 0 Å². The number of nitrogens with one attached hydrogen (secondary N) is 1. The predicted octanol–water partition coefficient (Wildman–Crippen LogP) is 3.45. The Morgan fingerprint density at radius 2 is 1.15 bits per heavy atom. The average Bonchev–Trinajstić information content (AvgIpc) is 1.80. The van der Waals surface area contributed by atoms with Gasteiger partial charge in [0.15, 0.2) is 0 Å². The van der Waals surface area contributed by atoms with Crippen LogP contribution in [0.1, 0.15) is 54.4 Å². The van der Waals surface area contributed by atoms with E-state index in [2.05, 4.69) is 46.9 Å². The van der Waals surface area contributed by atoms with E-state index in [-0.39, 0.29) is 0 Å². The standard InChI is InChI=1S/C12H27N/c1-9(2)7-12(8-10(3)4)13-11(5)6/h9-13H,7-8H2,1-6H3. The molecule has 0 fully saturated rings. The maximum atomic E-state index is 3.64. The van der Waals surface area contributed by atoms with Crippen molar-refractivity contribution < 1.29 is 0 Å². The predicted molar refractivity (Wildman–Crippen MR) is 61.0 cm³/mol. The minimum absolute atomic E-state index is 0.613. The minimum atomic E-state index is 0.613. The Kier molecular flexibility index (Phi) is 6.40. The van der Waals surface area contributed by atoms with Gasteiger partial charge in [0.05, 0.1) is 0 Å². The Bertz CT molecular complexity index is 92.5. The van der Waals surface area contributed by atoms with E-state index in [4.69, 9.17) is 0 Å². The van der Waals surface area contributed by atoms with Crippen molar-refractivity contribution in [3.63, 3.8) is 0 Å². The summed E-state index contributed by atoms with van der Waals surface area (Å²) >= 11 is 0. The molecule has 0 spiro atoms. The maximum Gasteiger partial charge on any atom is 0.00742 e. The first-order valence-electron chi connectivity index (χ1n) is 5.67. The largest absolute Gasteiger partial charge is 0.312 e. The Balaban J connectivity index is 3.87. The van der Waals surface area contributed by atoms with E-state index in [0.717, 1.165) is 11.8 Å². The number of rotatable bonds is 6. The van der Waals surface area contributed by atoms with Crippen LogP contribution in [0, 0.1) is 11.8 Å². The van der Waals surface area contributed by atoms with E-state index in [0.29, 0.717) is 12.1 Å². The first kappa shape index (κ1) is 13.0. The van der Waals surface area contributed by atoms with Crippen molar-refractivity contribution in [2.75, 3.05) is 0 Å². The van der Waals surface area contributed by atoms with Crippen LogP contribution in [-0.4, -0.2) is 12.1 Å². The highest BCUT2D eigenvalue weighted by molar-refractivity contribution is 4.72. The van der Waals surface area contributed by atoms with Gasteiger partial charge in [-0.25, -0.2) is 0 Å². The molecule has 1 heteroatoms. The van der Waals surface area contributed by atoms with Gasteiger partial charge in [0, 0.05) is 12.1 Å². The van der Waals surface area contributed by atoms with E-state index < -0.39 is 0 Å². The molecule has 0 aromatic rings. The molecule has 0 aromatic carbocycles. The highest BCUT2D eigenvalue weighted by Gasteiger charge is 2.12. The average molecular weight is 185 g/mol. The van der Waals surface area contributed by atoms with Gasteiger partial charge in [-0.3, -0.25) is 0 Å². The lowest BCUT2D eigenvalue weighted by Crippen LogP contribution is -2.36. The highest BCUT2D eigenvalue weighted by Crippen LogP contribution is 2.13. The number of hydrogen-bond donors (Lipinski definition) is 1. The summed E-state index contributed by atoms with van der Waals surface area (Å²) < 4.78 is 0. The fourth-order valence-corrected chi connectivity index (χ4v) is 1.84. The summed E-state index contributed by atoms with van der Waals surface area (Å²) in [5, 5.41) is 3.64. The summed E-state index contributed by atoms with van der Waals surface area (Å²) in [7, 11) is 0. The fraction of sp³-hybridized carbons (Fsp3) is 1.00. The van der Waals surface area contributed by atoms with Crippen molar-refractivity contribution in [1.82, 2.24) is 5.32 Å². The molecule has 80 valence electrons. The van der Waals surface area contributed by atoms with Gasteiger partial charge in [-0.05, 0) is 24.7 Å². The first-order chi connectivity index (χ1) is 5.91. The Labute approximate surface area is 84.3 Å². The summed E-state index contributed by atoms with van der Waals surface area (Å²) in [5.74, 6) is 1.60. The summed E-state index contributed by atoms with van der Waals surface area (Å²) in [6.07, 6.45) is 2.60. The van der Waals surface area contributed by atoms with E-state index in [1.165, 1.54) is 12.8 Å². The normalized spacial score (nSPS) is 12.5. The molecule has 0 heterocycles. The molecule has 1 N–H and O–H groups in total. The van der Waals surface area contributed by atoms with Crippen LogP contribution in [0.25, 0.3) is 0 Å². The Morgan fingerprint density at radius 1 is 0.769 bits per heavy atom. The van der Waals surface area contributed by atoms with Crippen LogP contribution < -0.4 is 5.32 Å². The summed E-state index contributed by atoms with van der Waals surface area (Å²) in [5.41, 5.74) is 0. The van der Waals surface area contributed by atoms with E-state index in [9.17, 15) is 0 Å². The zero-order valence-electron chi connectivity index (χ0n) is 10.2. The Hall–Kier alpha value is -0.0400. The molecule has 0 aliphatic carbocycles. The zero-order valence-corrected chi connectivity index (χ0v) is 10.2. The summed E-state index contributed by atoms with van der Waals surface area (Å²) in [6.45, 7) is 13.7. The van der Waals surface area contributed by atoms with Gasteiger partial charge in [0.2, 0.25) is 0 Å². The molecule has 1 nitrogen and oxygen atoms in total. The lowest BCUT2D eigenvalue weighted by Gasteiger charge is -2.24. The molecule has 0 saturated heterocycles. The van der Waals surface area contributed by atoms with Gasteiger partial charge in [0.1, 0.15) is 0 Å². The molecule has 0 aliphatic rings. The van der Waals surface area contributed by atoms with Crippen LogP contribution in [0.2, 0.25) is 0 Å². The summed E-state index contributed by atoms with van der Waals surface area (Å²) in [6, 6.07) is 1.32. The van der Waals surface area contributed by atoms with E-state index in [1.54, 1.807) is 0 Å². The molecule has 0 atom stereocenters. The smallest absolute Gasteiger partial charge is 0.00742 e. The van der Waals surface area contributed by atoms with Gasteiger partial charge in [0.25, 0.3) is 0 Å². The number of hydrogen-bond acceptors (Lipinski definition) is 1. The van der Waals surface area contributed by atoms with E-state index in [1.807, 2.05) is 0 Å². The van der Waals surface area contributed by atoms with Gasteiger partial charge < -0.3 is 5.32 Å². The molecule has 0 bridgehead atoms. The van der Waals surface area contributed by atoms with Crippen molar-refractivity contribution in [2.45, 2.75) is 66.5 Å². The SMILES string of the molecule is CC(C)CC(CC(C)C)NC(C)C. The van der Waals surface area contributed by atoms with Crippen LogP contribution in [0.4, 0.5) is 0 Å². The van der Waals surface area contributed by atoms with Gasteiger partial charge in [-0.1, -0.05) is 41.5 Å². The zero-order chi connectivity index (χ0) is 10.4. The van der Waals surface area contributed by atoms with Crippen molar-refractivity contribution in [3.8, 4) is 0 Å². The molecule has 0 saturated carbocycles. The minimum Gasteiger partial charge on any atom is -0.312 e. The van der Waals surface area contributed by atoms with Crippen molar-refractivity contribution in [3.05, 3.63) is 0 Å². The van der Waals surface area contributed by atoms with Crippen molar-refractivity contribution >= 4 is 0 Å². The third kappa shape index (κ3) is 8.29. The molecule has 0 aromatic heterocycles. The molecular formula is C12H27N. The Morgan fingerprint density at radius 3 is 1.38 bits per heavy atom. The second kappa shape index (κ2) is 6.42. The third-order valence-electron chi connectivity index (χ3n) is 2.08. The van der Waals surface area contributed by atoms with Gasteiger partial charge in [-0.15, -0.1) is 0 Å². The van der Waals surface area contributed by atoms with Gasteiger partial charge in [-0.2, -0.15) is 0 Å². The molecule has 0 unspecified atom stereocenters. The van der Waals surface area contributed by atoms with E-state index >= 15 is 0 Å². The lowest BCUT2D eigenvalue weighted by atomic mass is 9.95. The second-order valence-corrected chi connectivity index (χ2v) is 5.28. The van der Waals surface area contributed by atoms with Crippen LogP contribution in [0.3, 0.4) is 0 Å². The second-order valence-electron chi connectivity index (χ2n) is 5.28. The first-order valence-corrected chi connectivity index (χ1v) is 5.67. The molecular weight excluding hydrogens is 158 g/mol. The topological polar surface area (TPSA) is 12.0 Å². The summed E-state index contributed by atoms with van der Waals surface area (Å²) in [4.78, 5) is 0. The highest BCUT2D eigenvalue weighted by atomic mass is 14.9. The van der Waals surface area contributed by atoms with Crippen LogP contribution >= 0.6 is 0 Å². The fourth-order valence-electron chi connectivity index (χ4n) is 1.84. The molecule has 0 rings (SSSR count). The third-order valence-corrected chi connectivity index (χ3v) is 2.08. The van der Waals surface area contributed by atoms with Crippen molar-refractivity contribution in [2.24, 2.45) is 11.8 Å².